The Hall–Kier alpha value is -0.370. The zero-order valence-corrected chi connectivity index (χ0v) is 15.0. The predicted molar refractivity (Wildman–Crippen MR) is 91.9 cm³/mol. The van der Waals surface area contributed by atoms with E-state index in [2.05, 4.69) is 13.8 Å². The molecule has 4 rings (SSSR count). The van der Waals surface area contributed by atoms with Crippen LogP contribution < -0.4 is 0 Å². The minimum absolute atomic E-state index is 0.0229. The SMILES string of the molecule is [2H][C@@]1(O)CC[C@]2(C)[C@H]3CC[C@@]4(C)[C@@H](CC[C@]4([2H])C(C)=O)[C@@H]3CC[C@]2([2H])C1. The van der Waals surface area contributed by atoms with Crippen LogP contribution >= 0.6 is 0 Å². The van der Waals surface area contributed by atoms with Crippen molar-refractivity contribution < 1.29 is 14.0 Å². The smallest absolute Gasteiger partial charge is 0.133 e. The van der Waals surface area contributed by atoms with Crippen molar-refractivity contribution in [2.24, 2.45) is 40.4 Å². The summed E-state index contributed by atoms with van der Waals surface area (Å²) in [7, 11) is 0. The van der Waals surface area contributed by atoms with Gasteiger partial charge in [-0.1, -0.05) is 13.8 Å². The second kappa shape index (κ2) is 5.31. The van der Waals surface area contributed by atoms with E-state index in [9.17, 15) is 9.90 Å². The van der Waals surface area contributed by atoms with E-state index in [4.69, 9.17) is 4.11 Å². The first-order valence-corrected chi connectivity index (χ1v) is 9.62. The molecule has 4 aliphatic carbocycles. The molecule has 0 aromatic rings. The average molecular weight is 322 g/mol. The Labute approximate surface area is 145 Å². The molecule has 0 spiro atoms. The number of ketones is 1. The molecule has 0 aromatic carbocycles. The first-order chi connectivity index (χ1) is 11.9. The molecule has 23 heavy (non-hydrogen) atoms. The number of hydrogen-bond acceptors (Lipinski definition) is 2. The van der Waals surface area contributed by atoms with E-state index < -0.39 is 17.9 Å². The topological polar surface area (TPSA) is 37.3 Å². The Morgan fingerprint density at radius 1 is 1.00 bits per heavy atom. The Morgan fingerprint density at radius 2 is 1.70 bits per heavy atom. The quantitative estimate of drug-likeness (QED) is 0.766. The molecule has 4 aliphatic rings. The third kappa shape index (κ3) is 2.19. The zero-order chi connectivity index (χ0) is 19.2. The molecule has 0 aliphatic heterocycles. The van der Waals surface area contributed by atoms with Gasteiger partial charge in [0.1, 0.15) is 5.78 Å². The van der Waals surface area contributed by atoms with Gasteiger partial charge in [-0.3, -0.25) is 4.79 Å². The molecular formula is C21H34O2. The summed E-state index contributed by atoms with van der Waals surface area (Å²) in [5, 5.41) is 10.3. The van der Waals surface area contributed by atoms with Gasteiger partial charge < -0.3 is 5.11 Å². The van der Waals surface area contributed by atoms with Gasteiger partial charge in [-0.15, -0.1) is 0 Å². The molecule has 2 heteroatoms. The highest BCUT2D eigenvalue weighted by molar-refractivity contribution is 5.79. The highest BCUT2D eigenvalue weighted by Crippen LogP contribution is 2.67. The normalized spacial score (nSPS) is 67.1. The van der Waals surface area contributed by atoms with Gasteiger partial charge in [0.2, 0.25) is 0 Å². The third-order valence-corrected chi connectivity index (χ3v) is 8.40. The molecule has 0 bridgehead atoms. The summed E-state index contributed by atoms with van der Waals surface area (Å²) in [5.74, 6) is -0.311. The first kappa shape index (κ1) is 12.9. The van der Waals surface area contributed by atoms with E-state index in [1.54, 1.807) is 6.92 Å². The molecule has 130 valence electrons. The largest absolute Gasteiger partial charge is 0.393 e. The molecule has 0 unspecified atom stereocenters. The maximum absolute atomic E-state index is 12.3. The fourth-order valence-corrected chi connectivity index (χ4v) is 7.15. The Kier molecular flexibility index (Phi) is 2.98. The monoisotopic (exact) mass is 321 g/mol. The van der Waals surface area contributed by atoms with Crippen LogP contribution in [0, 0.1) is 40.4 Å². The minimum atomic E-state index is -1.45. The highest BCUT2D eigenvalue weighted by Gasteiger charge is 2.60. The second-order valence-corrected chi connectivity index (χ2v) is 9.21. The molecule has 0 aromatic heterocycles. The Bertz CT molecular complexity index is 637. The summed E-state index contributed by atoms with van der Waals surface area (Å²) in [6, 6.07) is 0. The van der Waals surface area contributed by atoms with E-state index >= 15 is 0 Å². The van der Waals surface area contributed by atoms with Crippen LogP contribution in [0.4, 0.5) is 0 Å². The number of carbonyl (C=O) groups excluding carboxylic acids is 1. The van der Waals surface area contributed by atoms with Crippen molar-refractivity contribution in [3.63, 3.8) is 0 Å². The summed E-state index contributed by atoms with van der Waals surface area (Å²) >= 11 is 0. The van der Waals surface area contributed by atoms with Crippen molar-refractivity contribution >= 4 is 5.78 Å². The zero-order valence-electron chi connectivity index (χ0n) is 18.0. The van der Waals surface area contributed by atoms with Crippen molar-refractivity contribution in [2.75, 3.05) is 0 Å². The van der Waals surface area contributed by atoms with Crippen molar-refractivity contribution in [3.8, 4) is 0 Å². The van der Waals surface area contributed by atoms with Crippen LogP contribution in [0.2, 0.25) is 0 Å². The maximum atomic E-state index is 12.3. The molecule has 0 heterocycles. The van der Waals surface area contributed by atoms with Crippen LogP contribution in [0.1, 0.15) is 82.7 Å². The van der Waals surface area contributed by atoms with Crippen LogP contribution in [0.3, 0.4) is 0 Å². The lowest BCUT2D eigenvalue weighted by atomic mass is 9.44. The van der Waals surface area contributed by atoms with Gasteiger partial charge in [-0.05, 0) is 99.2 Å². The van der Waals surface area contributed by atoms with E-state index in [0.29, 0.717) is 30.6 Å². The number of aliphatic hydroxyl groups is 1. The molecule has 0 amide bonds. The molecule has 0 saturated heterocycles. The molecule has 4 saturated carbocycles. The van der Waals surface area contributed by atoms with Gasteiger partial charge in [-0.25, -0.2) is 0 Å². The Morgan fingerprint density at radius 3 is 2.43 bits per heavy atom. The highest BCUT2D eigenvalue weighted by atomic mass is 16.3. The molecule has 0 radical (unpaired) electrons. The standard InChI is InChI=1S/C21H34O2/c1-13(22)17-6-7-18-16-5-4-14-12-15(23)8-10-20(14,2)19(16)9-11-21(17,18)3/h14-19,23H,4-12H2,1-3H3/t14-,15-,16+,17-,18+,19+,20+,21-/m1/s1/i14D,15D,17D. The van der Waals surface area contributed by atoms with Crippen molar-refractivity contribution in [1.29, 1.82) is 0 Å². The molecule has 4 fully saturated rings. The lowest BCUT2D eigenvalue weighted by Gasteiger charge is -2.60. The average Bonchev–Trinajstić information content (AvgIpc) is 2.81. The van der Waals surface area contributed by atoms with E-state index in [1.807, 2.05) is 0 Å². The number of carbonyl (C=O) groups is 1. The predicted octanol–water partition coefficient (Wildman–Crippen LogP) is 4.60. The van der Waals surface area contributed by atoms with Gasteiger partial charge >= 0.3 is 0 Å². The van der Waals surface area contributed by atoms with Crippen LogP contribution in [0.5, 0.6) is 0 Å². The fourth-order valence-electron chi connectivity index (χ4n) is 7.15. The van der Waals surface area contributed by atoms with Gasteiger partial charge in [-0.2, -0.15) is 0 Å². The molecular weight excluding hydrogens is 284 g/mol. The lowest BCUT2D eigenvalue weighted by Crippen LogP contribution is -2.54. The summed E-state index contributed by atoms with van der Waals surface area (Å²) < 4.78 is 26.2. The van der Waals surface area contributed by atoms with Crippen LogP contribution in [-0.4, -0.2) is 17.0 Å². The van der Waals surface area contributed by atoms with Crippen molar-refractivity contribution in [3.05, 3.63) is 0 Å². The molecule has 2 nitrogen and oxygen atoms in total. The van der Waals surface area contributed by atoms with Gasteiger partial charge in [0.05, 0.1) is 7.45 Å². The molecule has 1 N–H and O–H groups in total. The number of Topliss-reactive ketones (excluding diaryl/α,β-unsaturated/α-hetero) is 1. The lowest BCUT2D eigenvalue weighted by molar-refractivity contribution is -0.138. The summed E-state index contributed by atoms with van der Waals surface area (Å²) in [5.41, 5.74) is -0.392. The summed E-state index contributed by atoms with van der Waals surface area (Å²) in [6.45, 7) is 6.02. The maximum Gasteiger partial charge on any atom is 0.133 e. The van der Waals surface area contributed by atoms with Gasteiger partial charge in [0, 0.05) is 8.64 Å². The second-order valence-electron chi connectivity index (χ2n) is 9.21. The van der Waals surface area contributed by atoms with Crippen LogP contribution in [0.25, 0.3) is 0 Å². The number of rotatable bonds is 1. The third-order valence-electron chi connectivity index (χ3n) is 8.40. The summed E-state index contributed by atoms with van der Waals surface area (Å²) in [4.78, 5) is 12.3. The molecule has 8 atom stereocenters. The summed E-state index contributed by atoms with van der Waals surface area (Å²) in [6.07, 6.45) is 5.25. The number of hydrogen-bond donors (Lipinski definition) is 1. The fraction of sp³-hybridized carbons (Fsp3) is 0.952. The van der Waals surface area contributed by atoms with Gasteiger partial charge in [0.25, 0.3) is 0 Å². The van der Waals surface area contributed by atoms with Gasteiger partial charge in [0.15, 0.2) is 0 Å². The van der Waals surface area contributed by atoms with E-state index in [1.165, 1.54) is 0 Å². The van der Waals surface area contributed by atoms with Crippen molar-refractivity contribution in [2.45, 2.75) is 84.6 Å². The van der Waals surface area contributed by atoms with Crippen LogP contribution in [-0.2, 0) is 4.79 Å². The first-order valence-electron chi connectivity index (χ1n) is 11.1. The van der Waals surface area contributed by atoms with Crippen LogP contribution in [0.15, 0.2) is 0 Å². The van der Waals surface area contributed by atoms with E-state index in [-0.39, 0.29) is 23.0 Å². The number of fused-ring (bicyclic) bond motifs is 5. The van der Waals surface area contributed by atoms with E-state index in [0.717, 1.165) is 38.5 Å². The Balaban J connectivity index is 1.68. The van der Waals surface area contributed by atoms with Crippen molar-refractivity contribution in [1.82, 2.24) is 0 Å². The minimum Gasteiger partial charge on any atom is -0.393 e.